The van der Waals surface area contributed by atoms with Gasteiger partial charge in [0.25, 0.3) is 5.56 Å². The van der Waals surface area contributed by atoms with Crippen LogP contribution in [0.2, 0.25) is 0 Å². The lowest BCUT2D eigenvalue weighted by atomic mass is 9.79. The zero-order valence-electron chi connectivity index (χ0n) is 15.3. The van der Waals surface area contributed by atoms with Crippen LogP contribution in [0, 0.1) is 5.92 Å². The Morgan fingerprint density at radius 3 is 2.85 bits per heavy atom. The molecule has 0 radical (unpaired) electrons. The van der Waals surface area contributed by atoms with Gasteiger partial charge in [-0.3, -0.25) is 14.2 Å². The molecular weight excluding hydrogens is 342 g/mol. The fourth-order valence-corrected chi connectivity index (χ4v) is 4.25. The summed E-state index contributed by atoms with van der Waals surface area (Å²) in [6.07, 6.45) is 0.943. The van der Waals surface area contributed by atoms with Gasteiger partial charge in [0.05, 0.1) is 13.2 Å². The van der Waals surface area contributed by atoms with Gasteiger partial charge in [-0.25, -0.2) is 0 Å². The van der Waals surface area contributed by atoms with E-state index in [0.29, 0.717) is 25.7 Å². The number of hydrogen-bond donors (Lipinski definition) is 2. The second kappa shape index (κ2) is 8.06. The van der Waals surface area contributed by atoms with Crippen molar-refractivity contribution in [3.05, 3.63) is 70.1 Å². The van der Waals surface area contributed by atoms with Crippen LogP contribution in [0.4, 0.5) is 0 Å². The Balaban J connectivity index is 1.38. The molecule has 1 aromatic heterocycles. The number of ether oxygens (including phenoxy) is 1. The van der Waals surface area contributed by atoms with Crippen LogP contribution in [0.3, 0.4) is 0 Å². The van der Waals surface area contributed by atoms with Crippen molar-refractivity contribution in [3.63, 3.8) is 0 Å². The summed E-state index contributed by atoms with van der Waals surface area (Å²) in [6, 6.07) is 14.8. The van der Waals surface area contributed by atoms with Crippen LogP contribution >= 0.6 is 0 Å². The predicted octanol–water partition coefficient (Wildman–Crippen LogP) is 1.43. The second-order valence-electron chi connectivity index (χ2n) is 7.28. The highest BCUT2D eigenvalue weighted by molar-refractivity contribution is 5.81. The largest absolute Gasteiger partial charge is 0.375 e. The third kappa shape index (κ3) is 3.82. The Kier molecular flexibility index (Phi) is 5.36. The predicted molar refractivity (Wildman–Crippen MR) is 103 cm³/mol. The maximum absolute atomic E-state index is 12.9. The van der Waals surface area contributed by atoms with Gasteiger partial charge in [0, 0.05) is 43.2 Å². The Bertz CT molecular complexity index is 849. The first-order valence-corrected chi connectivity index (χ1v) is 9.55. The zero-order valence-corrected chi connectivity index (χ0v) is 15.3. The van der Waals surface area contributed by atoms with Crippen LogP contribution in [0.15, 0.2) is 53.3 Å². The van der Waals surface area contributed by atoms with E-state index in [9.17, 15) is 9.59 Å². The highest BCUT2D eigenvalue weighted by Crippen LogP contribution is 2.38. The number of nitrogens with one attached hydrogen (secondary N) is 2. The number of carbonyl (C=O) groups is 1. The molecule has 4 rings (SSSR count). The molecule has 1 saturated heterocycles. The third-order valence-electron chi connectivity index (χ3n) is 5.47. The molecule has 1 fully saturated rings. The molecule has 3 atom stereocenters. The summed E-state index contributed by atoms with van der Waals surface area (Å²) >= 11 is 0. The molecule has 0 aliphatic carbocycles. The number of aromatic nitrogens is 1. The Labute approximate surface area is 158 Å². The lowest BCUT2D eigenvalue weighted by Crippen LogP contribution is -2.52. The average Bonchev–Trinajstić information content (AvgIpc) is 2.70. The minimum Gasteiger partial charge on any atom is -0.375 e. The molecule has 0 unspecified atom stereocenters. The van der Waals surface area contributed by atoms with Crippen LogP contribution in [0.25, 0.3) is 0 Å². The lowest BCUT2D eigenvalue weighted by Gasteiger charge is -2.42. The summed E-state index contributed by atoms with van der Waals surface area (Å²) < 4.78 is 7.34. The van der Waals surface area contributed by atoms with Crippen molar-refractivity contribution >= 4 is 5.91 Å². The van der Waals surface area contributed by atoms with E-state index in [1.54, 1.807) is 16.7 Å². The molecule has 2 bridgehead atoms. The van der Waals surface area contributed by atoms with Gasteiger partial charge in [0.2, 0.25) is 5.91 Å². The van der Waals surface area contributed by atoms with Gasteiger partial charge in [0.15, 0.2) is 0 Å². The monoisotopic (exact) mass is 367 g/mol. The maximum Gasteiger partial charge on any atom is 0.251 e. The number of hydrogen-bond acceptors (Lipinski definition) is 4. The second-order valence-corrected chi connectivity index (χ2v) is 7.28. The molecule has 142 valence electrons. The van der Waals surface area contributed by atoms with Crippen LogP contribution < -0.4 is 16.2 Å². The molecule has 3 heterocycles. The van der Waals surface area contributed by atoms with Gasteiger partial charge in [-0.1, -0.05) is 36.4 Å². The van der Waals surface area contributed by atoms with Gasteiger partial charge in [-0.15, -0.1) is 0 Å². The molecular formula is C21H25N3O3. The smallest absolute Gasteiger partial charge is 0.251 e. The number of rotatable bonds is 6. The molecule has 2 aliphatic heterocycles. The quantitative estimate of drug-likeness (QED) is 0.758. The number of fused-ring (bicyclic) bond motifs is 4. The standard InChI is InChI=1S/C21H25N3O3/c25-19-8-4-7-18-16-11-17(13-22-12-16)20(24(18)19)21(26)23-9-10-27-14-15-5-2-1-3-6-15/h1-8,16-17,20,22H,9-14H2,(H,23,26)/t16-,17+,20-/m1/s1. The highest BCUT2D eigenvalue weighted by atomic mass is 16.5. The molecule has 6 nitrogen and oxygen atoms in total. The molecule has 0 spiro atoms. The topological polar surface area (TPSA) is 72.4 Å². The molecule has 2 aromatic rings. The van der Waals surface area contributed by atoms with Crippen molar-refractivity contribution in [2.24, 2.45) is 5.92 Å². The number of benzene rings is 1. The van der Waals surface area contributed by atoms with E-state index in [2.05, 4.69) is 10.6 Å². The van der Waals surface area contributed by atoms with Crippen molar-refractivity contribution in [3.8, 4) is 0 Å². The summed E-state index contributed by atoms with van der Waals surface area (Å²) in [5.41, 5.74) is 1.98. The Morgan fingerprint density at radius 1 is 1.15 bits per heavy atom. The summed E-state index contributed by atoms with van der Waals surface area (Å²) in [4.78, 5) is 25.4. The molecule has 27 heavy (non-hydrogen) atoms. The summed E-state index contributed by atoms with van der Waals surface area (Å²) in [6.45, 7) is 3.02. The van der Waals surface area contributed by atoms with Crippen LogP contribution in [0.1, 0.15) is 29.6 Å². The van der Waals surface area contributed by atoms with Crippen molar-refractivity contribution in [2.45, 2.75) is 25.0 Å². The van der Waals surface area contributed by atoms with Crippen LogP contribution in [-0.2, 0) is 16.1 Å². The van der Waals surface area contributed by atoms with Crippen molar-refractivity contribution in [1.29, 1.82) is 0 Å². The van der Waals surface area contributed by atoms with Gasteiger partial charge < -0.3 is 15.4 Å². The summed E-state index contributed by atoms with van der Waals surface area (Å²) in [7, 11) is 0. The number of pyridine rings is 1. The van der Waals surface area contributed by atoms with E-state index in [0.717, 1.165) is 30.8 Å². The lowest BCUT2D eigenvalue weighted by molar-refractivity contribution is -0.127. The average molecular weight is 367 g/mol. The van der Waals surface area contributed by atoms with E-state index in [4.69, 9.17) is 4.74 Å². The van der Waals surface area contributed by atoms with E-state index < -0.39 is 6.04 Å². The number of amides is 1. The normalized spacial score (nSPS) is 23.5. The number of piperidine rings is 1. The number of carbonyl (C=O) groups excluding carboxylic acids is 1. The van der Waals surface area contributed by atoms with Crippen molar-refractivity contribution < 1.29 is 9.53 Å². The molecule has 2 N–H and O–H groups in total. The first-order valence-electron chi connectivity index (χ1n) is 9.55. The SMILES string of the molecule is O=C(NCCOCc1ccccc1)[C@H]1[C@@H]2CNC[C@@H](C2)c2cccc(=O)n21. The molecule has 2 aliphatic rings. The van der Waals surface area contributed by atoms with E-state index in [-0.39, 0.29) is 17.4 Å². The summed E-state index contributed by atoms with van der Waals surface area (Å²) in [5, 5.41) is 6.37. The van der Waals surface area contributed by atoms with Gasteiger partial charge in [-0.2, -0.15) is 0 Å². The molecule has 1 amide bonds. The van der Waals surface area contributed by atoms with Gasteiger partial charge in [-0.05, 0) is 18.1 Å². The van der Waals surface area contributed by atoms with Gasteiger partial charge >= 0.3 is 0 Å². The zero-order chi connectivity index (χ0) is 18.6. The van der Waals surface area contributed by atoms with E-state index in [1.807, 2.05) is 36.4 Å². The van der Waals surface area contributed by atoms with E-state index >= 15 is 0 Å². The minimum atomic E-state index is -0.452. The fraction of sp³-hybridized carbons (Fsp3) is 0.429. The molecule has 0 saturated carbocycles. The first kappa shape index (κ1) is 17.9. The van der Waals surface area contributed by atoms with Gasteiger partial charge in [0.1, 0.15) is 6.04 Å². The molecule has 6 heteroatoms. The van der Waals surface area contributed by atoms with Crippen LogP contribution in [0.5, 0.6) is 0 Å². The van der Waals surface area contributed by atoms with Crippen molar-refractivity contribution in [1.82, 2.24) is 15.2 Å². The van der Waals surface area contributed by atoms with Crippen molar-refractivity contribution in [2.75, 3.05) is 26.2 Å². The third-order valence-corrected chi connectivity index (χ3v) is 5.47. The molecule has 1 aromatic carbocycles. The Morgan fingerprint density at radius 2 is 2.00 bits per heavy atom. The fourth-order valence-electron chi connectivity index (χ4n) is 4.25. The highest BCUT2D eigenvalue weighted by Gasteiger charge is 2.41. The summed E-state index contributed by atoms with van der Waals surface area (Å²) in [5.74, 6) is 0.345. The minimum absolute atomic E-state index is 0.0930. The number of nitrogens with zero attached hydrogens (tertiary/aromatic N) is 1. The van der Waals surface area contributed by atoms with E-state index in [1.165, 1.54) is 0 Å². The Hall–Kier alpha value is -2.44. The maximum atomic E-state index is 12.9. The van der Waals surface area contributed by atoms with Crippen LogP contribution in [-0.4, -0.2) is 36.7 Å². The first-order chi connectivity index (χ1) is 13.2.